The van der Waals surface area contributed by atoms with Gasteiger partial charge >= 0.3 is 0 Å². The molecule has 4 aromatic carbocycles. The van der Waals surface area contributed by atoms with Crippen molar-refractivity contribution >= 4 is 24.6 Å². The van der Waals surface area contributed by atoms with E-state index in [2.05, 4.69) is 120 Å². The molecule has 0 unspecified atom stereocenters. The van der Waals surface area contributed by atoms with Gasteiger partial charge in [0.15, 0.2) is 0 Å². The molecule has 0 saturated heterocycles. The monoisotopic (exact) mass is 462 g/mol. The summed E-state index contributed by atoms with van der Waals surface area (Å²) in [5.41, 5.74) is 4.01. The third-order valence-corrected chi connectivity index (χ3v) is 9.13. The highest BCUT2D eigenvalue weighted by atomic mass is 31.1. The van der Waals surface area contributed by atoms with Crippen LogP contribution in [0.2, 0.25) is 0 Å². The van der Waals surface area contributed by atoms with E-state index in [0.717, 1.165) is 18.9 Å². The second-order valence-electron chi connectivity index (χ2n) is 8.77. The van der Waals surface area contributed by atoms with Crippen molar-refractivity contribution in [3.8, 4) is 0 Å². The van der Waals surface area contributed by atoms with Crippen molar-refractivity contribution in [2.75, 3.05) is 6.61 Å². The van der Waals surface area contributed by atoms with E-state index in [1.54, 1.807) is 0 Å². The van der Waals surface area contributed by atoms with Crippen LogP contribution in [0.3, 0.4) is 0 Å². The lowest BCUT2D eigenvalue weighted by Crippen LogP contribution is -2.45. The van der Waals surface area contributed by atoms with Gasteiger partial charge in [0.2, 0.25) is 5.90 Å². The Morgan fingerprint density at radius 3 is 1.88 bits per heavy atom. The summed E-state index contributed by atoms with van der Waals surface area (Å²) in [4.78, 5) is 5.14. The van der Waals surface area contributed by atoms with E-state index >= 15 is 0 Å². The van der Waals surface area contributed by atoms with Gasteiger partial charge in [-0.15, -0.1) is 0 Å². The second-order valence-corrected chi connectivity index (χ2v) is 10.9. The van der Waals surface area contributed by atoms with Crippen LogP contribution in [0, 0.1) is 0 Å². The molecule has 0 spiro atoms. The maximum absolute atomic E-state index is 6.35. The van der Waals surface area contributed by atoms with Gasteiger partial charge in [-0.1, -0.05) is 115 Å². The SMILES string of the molecule is c1ccc([C@@H]2COC([C@@H]3Cc4ccccc4CN3P(c3ccccc3)c3ccccc3)=N2)cc1. The van der Waals surface area contributed by atoms with Crippen molar-refractivity contribution in [1.82, 2.24) is 4.67 Å². The molecule has 168 valence electrons. The predicted octanol–water partition coefficient (Wildman–Crippen LogP) is 5.63. The normalized spacial score (nSPS) is 20.0. The summed E-state index contributed by atoms with van der Waals surface area (Å²) in [6.07, 6.45) is 0.912. The first-order valence-corrected chi connectivity index (χ1v) is 13.2. The molecule has 4 heteroatoms. The molecule has 2 aliphatic rings. The molecule has 2 aliphatic heterocycles. The minimum atomic E-state index is -0.745. The molecule has 3 nitrogen and oxygen atoms in total. The van der Waals surface area contributed by atoms with Gasteiger partial charge in [0, 0.05) is 14.6 Å². The smallest absolute Gasteiger partial charge is 0.202 e. The molecule has 0 amide bonds. The van der Waals surface area contributed by atoms with E-state index in [9.17, 15) is 0 Å². The van der Waals surface area contributed by atoms with Gasteiger partial charge in [-0.3, -0.25) is 4.67 Å². The van der Waals surface area contributed by atoms with E-state index in [1.165, 1.54) is 27.3 Å². The summed E-state index contributed by atoms with van der Waals surface area (Å²) in [6, 6.07) is 41.4. The maximum Gasteiger partial charge on any atom is 0.202 e. The molecule has 0 aliphatic carbocycles. The Morgan fingerprint density at radius 2 is 1.24 bits per heavy atom. The Kier molecular flexibility index (Phi) is 5.97. The fraction of sp³-hybridized carbons (Fsp3) is 0.167. The van der Waals surface area contributed by atoms with Gasteiger partial charge < -0.3 is 4.74 Å². The lowest BCUT2D eigenvalue weighted by Gasteiger charge is -2.41. The summed E-state index contributed by atoms with van der Waals surface area (Å²) in [7, 11) is -0.745. The number of rotatable bonds is 5. The molecular formula is C30H27N2OP. The first-order chi connectivity index (χ1) is 16.9. The number of aliphatic imine (C=N–C) groups is 1. The van der Waals surface area contributed by atoms with Gasteiger partial charge in [0.1, 0.15) is 12.6 Å². The third kappa shape index (κ3) is 4.18. The average Bonchev–Trinajstić information content (AvgIpc) is 3.41. The number of benzene rings is 4. The standard InChI is InChI=1S/C30H27N2OP/c1-4-12-23(13-5-1)28-22-33-30(31-28)29-20-24-14-10-11-15-25(24)21-32(29)34(26-16-6-2-7-17-26)27-18-8-3-9-19-27/h1-19,28-29H,20-22H2/t28-,29-/m0/s1. The predicted molar refractivity (Wildman–Crippen MR) is 141 cm³/mol. The van der Waals surface area contributed by atoms with E-state index in [1.807, 2.05) is 0 Å². The highest BCUT2D eigenvalue weighted by molar-refractivity contribution is 7.70. The minimum Gasteiger partial charge on any atom is -0.477 e. The van der Waals surface area contributed by atoms with E-state index in [0.29, 0.717) is 6.61 Å². The Labute approximate surface area is 202 Å². The topological polar surface area (TPSA) is 24.8 Å². The summed E-state index contributed by atoms with van der Waals surface area (Å²) in [6.45, 7) is 1.49. The number of nitrogens with zero attached hydrogens (tertiary/aromatic N) is 2. The van der Waals surface area contributed by atoms with E-state index < -0.39 is 8.07 Å². The molecule has 2 heterocycles. The number of hydrogen-bond acceptors (Lipinski definition) is 3. The summed E-state index contributed by atoms with van der Waals surface area (Å²) in [5.74, 6) is 0.878. The average molecular weight is 463 g/mol. The first kappa shape index (κ1) is 21.3. The van der Waals surface area contributed by atoms with Crippen molar-refractivity contribution in [3.05, 3.63) is 132 Å². The van der Waals surface area contributed by atoms with Crippen LogP contribution in [-0.2, 0) is 17.7 Å². The van der Waals surface area contributed by atoms with Crippen molar-refractivity contribution in [3.63, 3.8) is 0 Å². The lowest BCUT2D eigenvalue weighted by molar-refractivity contribution is 0.272. The van der Waals surface area contributed by atoms with Gasteiger partial charge in [-0.05, 0) is 33.7 Å². The Morgan fingerprint density at radius 1 is 0.676 bits per heavy atom. The van der Waals surface area contributed by atoms with Gasteiger partial charge in [-0.25, -0.2) is 4.99 Å². The van der Waals surface area contributed by atoms with Crippen LogP contribution in [0.5, 0.6) is 0 Å². The van der Waals surface area contributed by atoms with Crippen molar-refractivity contribution in [1.29, 1.82) is 0 Å². The highest BCUT2D eigenvalue weighted by Gasteiger charge is 2.39. The molecule has 0 N–H and O–H groups in total. The molecule has 0 aromatic heterocycles. The van der Waals surface area contributed by atoms with Crippen LogP contribution in [0.15, 0.2) is 120 Å². The Hall–Kier alpha value is -3.26. The fourth-order valence-corrected chi connectivity index (χ4v) is 7.49. The molecule has 0 bridgehead atoms. The van der Waals surface area contributed by atoms with Crippen molar-refractivity contribution in [2.45, 2.75) is 25.0 Å². The molecule has 0 fully saturated rings. The molecule has 0 radical (unpaired) electrons. The number of ether oxygens (including phenoxy) is 1. The van der Waals surface area contributed by atoms with Crippen LogP contribution < -0.4 is 10.6 Å². The quantitative estimate of drug-likeness (QED) is 0.359. The lowest BCUT2D eigenvalue weighted by atomic mass is 9.96. The summed E-state index contributed by atoms with van der Waals surface area (Å²) in [5, 5.41) is 2.71. The zero-order valence-electron chi connectivity index (χ0n) is 19.0. The zero-order valence-corrected chi connectivity index (χ0v) is 19.9. The van der Waals surface area contributed by atoms with Crippen LogP contribution >= 0.6 is 8.07 Å². The third-order valence-electron chi connectivity index (χ3n) is 6.62. The van der Waals surface area contributed by atoms with E-state index in [-0.39, 0.29) is 12.1 Å². The summed E-state index contributed by atoms with van der Waals surface area (Å²) >= 11 is 0. The molecule has 0 saturated carbocycles. The minimum absolute atomic E-state index is 0.0647. The highest BCUT2D eigenvalue weighted by Crippen LogP contribution is 2.45. The molecular weight excluding hydrogens is 435 g/mol. The van der Waals surface area contributed by atoms with Crippen molar-refractivity contribution < 1.29 is 4.74 Å². The van der Waals surface area contributed by atoms with Gasteiger partial charge in [0.25, 0.3) is 0 Å². The van der Waals surface area contributed by atoms with Gasteiger partial charge in [0.05, 0.1) is 6.04 Å². The first-order valence-electron chi connectivity index (χ1n) is 11.9. The zero-order chi connectivity index (χ0) is 22.7. The van der Waals surface area contributed by atoms with Crippen molar-refractivity contribution in [2.24, 2.45) is 4.99 Å². The second kappa shape index (κ2) is 9.54. The van der Waals surface area contributed by atoms with Crippen LogP contribution in [-0.4, -0.2) is 23.2 Å². The Bertz CT molecular complexity index is 1240. The maximum atomic E-state index is 6.35. The van der Waals surface area contributed by atoms with Crippen LogP contribution in [0.1, 0.15) is 22.7 Å². The summed E-state index contributed by atoms with van der Waals surface area (Å²) < 4.78 is 8.99. The van der Waals surface area contributed by atoms with Crippen LogP contribution in [0.25, 0.3) is 0 Å². The molecule has 6 rings (SSSR count). The Balaban J connectivity index is 1.44. The largest absolute Gasteiger partial charge is 0.477 e. The number of fused-ring (bicyclic) bond motifs is 1. The number of hydrogen-bond donors (Lipinski definition) is 0. The molecule has 2 atom stereocenters. The molecule has 34 heavy (non-hydrogen) atoms. The molecule has 4 aromatic rings. The van der Waals surface area contributed by atoms with Crippen LogP contribution in [0.4, 0.5) is 0 Å². The van der Waals surface area contributed by atoms with Gasteiger partial charge in [-0.2, -0.15) is 0 Å². The fourth-order valence-electron chi connectivity index (χ4n) is 4.94. The van der Waals surface area contributed by atoms with E-state index in [4.69, 9.17) is 9.73 Å².